The van der Waals surface area contributed by atoms with Crippen molar-refractivity contribution in [1.29, 1.82) is 0 Å². The molecule has 2 aromatic heterocycles. The molecule has 8 nitrogen and oxygen atoms in total. The van der Waals surface area contributed by atoms with Crippen molar-refractivity contribution in [2.75, 3.05) is 6.54 Å². The van der Waals surface area contributed by atoms with Crippen LogP contribution < -0.4 is 4.74 Å². The van der Waals surface area contributed by atoms with Crippen molar-refractivity contribution in [3.63, 3.8) is 0 Å². The predicted molar refractivity (Wildman–Crippen MR) is 142 cm³/mol. The van der Waals surface area contributed by atoms with Gasteiger partial charge in [0.25, 0.3) is 0 Å². The Hall–Kier alpha value is -3.78. The van der Waals surface area contributed by atoms with Gasteiger partial charge in [0.15, 0.2) is 0 Å². The SMILES string of the molecule is Cc1ccc(C(CC(=O)O)c2ccc3c(nnn3C)c2C)cc1CN1Cc2ccncc2OC(C)(C)C1. The second-order valence-electron chi connectivity index (χ2n) is 10.7. The van der Waals surface area contributed by atoms with Crippen LogP contribution in [-0.2, 0) is 24.9 Å². The van der Waals surface area contributed by atoms with Crippen molar-refractivity contribution >= 4 is 17.0 Å². The van der Waals surface area contributed by atoms with E-state index in [2.05, 4.69) is 59.2 Å². The van der Waals surface area contributed by atoms with Gasteiger partial charge in [0.05, 0.1) is 18.1 Å². The minimum Gasteiger partial charge on any atom is -0.485 e. The lowest BCUT2D eigenvalue weighted by atomic mass is 9.84. The van der Waals surface area contributed by atoms with Gasteiger partial charge in [-0.25, -0.2) is 4.68 Å². The maximum absolute atomic E-state index is 12.0. The number of aromatic nitrogens is 4. The first kappa shape index (κ1) is 24.9. The molecule has 0 saturated carbocycles. The van der Waals surface area contributed by atoms with Crippen LogP contribution in [0.15, 0.2) is 48.8 Å². The molecule has 1 aliphatic heterocycles. The quantitative estimate of drug-likeness (QED) is 0.409. The van der Waals surface area contributed by atoms with Gasteiger partial charge in [-0.2, -0.15) is 0 Å². The Kier molecular flexibility index (Phi) is 6.45. The van der Waals surface area contributed by atoms with Crippen molar-refractivity contribution < 1.29 is 14.6 Å². The molecule has 1 atom stereocenters. The third kappa shape index (κ3) is 5.06. The molecule has 0 radical (unpaired) electrons. The molecule has 0 aliphatic carbocycles. The first-order chi connectivity index (χ1) is 17.6. The molecule has 1 N–H and O–H groups in total. The monoisotopic (exact) mass is 499 g/mol. The number of fused-ring (bicyclic) bond motifs is 2. The minimum absolute atomic E-state index is 0.0000699. The summed E-state index contributed by atoms with van der Waals surface area (Å²) in [4.78, 5) is 18.6. The van der Waals surface area contributed by atoms with Crippen LogP contribution in [0.5, 0.6) is 5.75 Å². The fourth-order valence-corrected chi connectivity index (χ4v) is 5.44. The molecule has 4 aromatic rings. The van der Waals surface area contributed by atoms with Crippen molar-refractivity contribution in [3.05, 3.63) is 82.2 Å². The van der Waals surface area contributed by atoms with E-state index in [1.807, 2.05) is 32.2 Å². The summed E-state index contributed by atoms with van der Waals surface area (Å²) in [5.74, 6) is -0.293. The number of benzene rings is 2. The number of carbonyl (C=O) groups is 1. The predicted octanol–water partition coefficient (Wildman–Crippen LogP) is 4.76. The van der Waals surface area contributed by atoms with Gasteiger partial charge in [-0.15, -0.1) is 5.10 Å². The average molecular weight is 500 g/mol. The zero-order valence-electron chi connectivity index (χ0n) is 22.0. The van der Waals surface area contributed by atoms with Crippen LogP contribution >= 0.6 is 0 Å². The highest BCUT2D eigenvalue weighted by Gasteiger charge is 2.30. The summed E-state index contributed by atoms with van der Waals surface area (Å²) in [6.45, 7) is 10.6. The van der Waals surface area contributed by atoms with Crippen molar-refractivity contribution in [2.24, 2.45) is 7.05 Å². The zero-order chi connectivity index (χ0) is 26.3. The van der Waals surface area contributed by atoms with Crippen LogP contribution in [0.3, 0.4) is 0 Å². The number of aryl methyl sites for hydroxylation is 3. The van der Waals surface area contributed by atoms with Crippen LogP contribution in [0.4, 0.5) is 0 Å². The van der Waals surface area contributed by atoms with E-state index in [4.69, 9.17) is 4.74 Å². The largest absolute Gasteiger partial charge is 0.485 e. The molecule has 8 heteroatoms. The first-order valence-corrected chi connectivity index (χ1v) is 12.6. The normalized spacial score (nSPS) is 16.1. The number of carboxylic acids is 1. The smallest absolute Gasteiger partial charge is 0.304 e. The van der Waals surface area contributed by atoms with Crippen LogP contribution in [0.2, 0.25) is 0 Å². The molecule has 5 rings (SSSR count). The fourth-order valence-electron chi connectivity index (χ4n) is 5.44. The summed E-state index contributed by atoms with van der Waals surface area (Å²) in [5, 5.41) is 18.3. The number of aliphatic carboxylic acids is 1. The van der Waals surface area contributed by atoms with Crippen LogP contribution in [0, 0.1) is 13.8 Å². The summed E-state index contributed by atoms with van der Waals surface area (Å²) >= 11 is 0. The molecular weight excluding hydrogens is 466 g/mol. The van der Waals surface area contributed by atoms with Gasteiger partial charge in [0.1, 0.15) is 16.9 Å². The second-order valence-corrected chi connectivity index (χ2v) is 10.7. The number of hydrogen-bond acceptors (Lipinski definition) is 6. The van der Waals surface area contributed by atoms with E-state index >= 15 is 0 Å². The van der Waals surface area contributed by atoms with Crippen LogP contribution in [0.1, 0.15) is 59.6 Å². The standard InChI is InChI=1S/C29H33N5O3/c1-18-6-7-20(24(13-27(35)36)23-8-9-25-28(19(23)2)31-32-33(25)5)12-22(18)16-34-15-21-10-11-30-14-26(21)37-29(3,4)17-34/h6-12,14,24H,13,15-17H2,1-5H3,(H,35,36). The van der Waals surface area contributed by atoms with Gasteiger partial charge in [-0.1, -0.05) is 29.5 Å². The van der Waals surface area contributed by atoms with Crippen LogP contribution in [0.25, 0.3) is 11.0 Å². The molecule has 2 aromatic carbocycles. The van der Waals surface area contributed by atoms with Crippen LogP contribution in [-0.4, -0.2) is 48.1 Å². The molecule has 192 valence electrons. The van der Waals surface area contributed by atoms with E-state index in [0.29, 0.717) is 0 Å². The van der Waals surface area contributed by atoms with E-state index in [1.54, 1.807) is 17.1 Å². The lowest BCUT2D eigenvalue weighted by Crippen LogP contribution is -2.40. The molecule has 1 aliphatic rings. The number of nitrogens with zero attached hydrogens (tertiary/aromatic N) is 5. The van der Waals surface area contributed by atoms with Crippen molar-refractivity contribution in [3.8, 4) is 5.75 Å². The molecule has 0 amide bonds. The summed E-state index contributed by atoms with van der Waals surface area (Å²) in [6.07, 6.45) is 3.59. The topological polar surface area (TPSA) is 93.4 Å². The molecule has 0 saturated heterocycles. The number of rotatable bonds is 6. The average Bonchev–Trinajstić information content (AvgIpc) is 3.15. The molecule has 0 spiro atoms. The number of carboxylic acid groups (broad SMARTS) is 1. The van der Waals surface area contributed by atoms with Gasteiger partial charge < -0.3 is 9.84 Å². The van der Waals surface area contributed by atoms with E-state index in [1.165, 1.54) is 11.1 Å². The van der Waals surface area contributed by atoms with Gasteiger partial charge in [-0.3, -0.25) is 14.7 Å². The highest BCUT2D eigenvalue weighted by atomic mass is 16.5. The number of hydrogen-bond donors (Lipinski definition) is 1. The molecule has 0 bridgehead atoms. The zero-order valence-corrected chi connectivity index (χ0v) is 22.0. The Balaban J connectivity index is 1.51. The molecular formula is C29H33N5O3. The Morgan fingerprint density at radius 1 is 1.19 bits per heavy atom. The first-order valence-electron chi connectivity index (χ1n) is 12.6. The Morgan fingerprint density at radius 3 is 2.78 bits per heavy atom. The van der Waals surface area contributed by atoms with Gasteiger partial charge in [-0.05, 0) is 67.6 Å². The Bertz CT molecular complexity index is 1480. The van der Waals surface area contributed by atoms with Gasteiger partial charge in [0, 0.05) is 44.4 Å². The molecule has 37 heavy (non-hydrogen) atoms. The number of ether oxygens (including phenoxy) is 1. The maximum atomic E-state index is 12.0. The molecule has 3 heterocycles. The van der Waals surface area contributed by atoms with E-state index in [0.717, 1.165) is 58.7 Å². The minimum atomic E-state index is -0.831. The fraction of sp³-hybridized carbons (Fsp3) is 0.379. The summed E-state index contributed by atoms with van der Waals surface area (Å²) in [7, 11) is 1.86. The second kappa shape index (κ2) is 9.59. The van der Waals surface area contributed by atoms with Gasteiger partial charge in [0.2, 0.25) is 0 Å². The van der Waals surface area contributed by atoms with Crippen molar-refractivity contribution in [1.82, 2.24) is 24.9 Å². The summed E-state index contributed by atoms with van der Waals surface area (Å²) < 4.78 is 8.01. The van der Waals surface area contributed by atoms with E-state index in [9.17, 15) is 9.90 Å². The van der Waals surface area contributed by atoms with E-state index < -0.39 is 5.97 Å². The number of pyridine rings is 1. The summed E-state index contributed by atoms with van der Waals surface area (Å²) in [6, 6.07) is 12.4. The third-order valence-corrected chi connectivity index (χ3v) is 7.26. The van der Waals surface area contributed by atoms with Gasteiger partial charge >= 0.3 is 5.97 Å². The lowest BCUT2D eigenvalue weighted by molar-refractivity contribution is -0.137. The Morgan fingerprint density at radius 2 is 2.00 bits per heavy atom. The summed E-state index contributed by atoms with van der Waals surface area (Å²) in [5.41, 5.74) is 7.77. The highest BCUT2D eigenvalue weighted by molar-refractivity contribution is 5.80. The highest BCUT2D eigenvalue weighted by Crippen LogP contribution is 2.35. The lowest BCUT2D eigenvalue weighted by Gasteiger charge is -2.30. The van der Waals surface area contributed by atoms with Crippen molar-refractivity contribution in [2.45, 2.75) is 58.7 Å². The Labute approximate surface area is 216 Å². The van der Waals surface area contributed by atoms with E-state index in [-0.39, 0.29) is 17.9 Å². The third-order valence-electron chi connectivity index (χ3n) is 7.26. The molecule has 1 unspecified atom stereocenters. The maximum Gasteiger partial charge on any atom is 0.304 e. The molecule has 0 fully saturated rings.